The quantitative estimate of drug-likeness (QED) is 0.685. The molecule has 0 saturated carbocycles. The number of amidine groups is 1. The van der Waals surface area contributed by atoms with Gasteiger partial charge in [-0.1, -0.05) is 6.07 Å². The van der Waals surface area contributed by atoms with Crippen molar-refractivity contribution >= 4 is 11.7 Å². The minimum Gasteiger partial charge on any atom is -0.383 e. The lowest BCUT2D eigenvalue weighted by Gasteiger charge is -2.10. The second kappa shape index (κ2) is 5.97. The summed E-state index contributed by atoms with van der Waals surface area (Å²) in [4.78, 5) is 19.4. The minimum absolute atomic E-state index is 0.0372. The van der Waals surface area contributed by atoms with E-state index in [1.165, 1.54) is 31.5 Å². The maximum Gasteiger partial charge on any atom is 0.416 e. The molecule has 4 nitrogen and oxygen atoms in total. The molecule has 0 radical (unpaired) electrons. The van der Waals surface area contributed by atoms with Gasteiger partial charge in [0, 0.05) is 23.5 Å². The van der Waals surface area contributed by atoms with Gasteiger partial charge in [-0.3, -0.25) is 9.78 Å². The van der Waals surface area contributed by atoms with Crippen LogP contribution in [0.1, 0.15) is 27.0 Å². The van der Waals surface area contributed by atoms with E-state index in [-0.39, 0.29) is 17.0 Å². The molecule has 0 unspecified atom stereocenters. The normalized spacial score (nSPS) is 12.3. The number of carbonyl (C=O) groups is 1. The van der Waals surface area contributed by atoms with E-state index < -0.39 is 17.6 Å². The standard InChI is InChI=1S/C15H12F3N3O/c1-9-2-3-11(8-12(9)15(16,17)18)14(22)21-13(19)10-4-6-20-7-5-10/h2-8H,1H3,(H2,19,21,22). The zero-order valence-corrected chi connectivity index (χ0v) is 11.6. The number of pyridine rings is 1. The topological polar surface area (TPSA) is 68.3 Å². The van der Waals surface area contributed by atoms with Crippen LogP contribution in [0.25, 0.3) is 0 Å². The number of aromatic nitrogens is 1. The number of carbonyl (C=O) groups excluding carboxylic acids is 1. The number of nitrogens with zero attached hydrogens (tertiary/aromatic N) is 2. The minimum atomic E-state index is -4.53. The molecule has 2 rings (SSSR count). The Hall–Kier alpha value is -2.70. The van der Waals surface area contributed by atoms with Gasteiger partial charge in [0.15, 0.2) is 0 Å². The first-order chi connectivity index (χ1) is 10.3. The summed E-state index contributed by atoms with van der Waals surface area (Å²) in [6.07, 6.45) is -1.59. The molecule has 1 heterocycles. The van der Waals surface area contributed by atoms with Gasteiger partial charge in [-0.25, -0.2) is 0 Å². The number of aryl methyl sites for hydroxylation is 1. The summed E-state index contributed by atoms with van der Waals surface area (Å²) in [7, 11) is 0. The predicted molar refractivity (Wildman–Crippen MR) is 75.5 cm³/mol. The highest BCUT2D eigenvalue weighted by Crippen LogP contribution is 2.32. The number of nitrogens with two attached hydrogens (primary N) is 1. The molecule has 1 amide bonds. The highest BCUT2D eigenvalue weighted by Gasteiger charge is 2.32. The fraction of sp³-hybridized carbons (Fsp3) is 0.133. The molecular formula is C15H12F3N3O. The Morgan fingerprint density at radius 2 is 1.77 bits per heavy atom. The van der Waals surface area contributed by atoms with E-state index in [0.29, 0.717) is 5.56 Å². The van der Waals surface area contributed by atoms with Gasteiger partial charge in [0.2, 0.25) is 0 Å². The Balaban J connectivity index is 2.35. The third-order valence-corrected chi connectivity index (χ3v) is 2.99. The molecule has 7 heteroatoms. The second-order valence-corrected chi connectivity index (χ2v) is 4.57. The number of alkyl halides is 3. The number of rotatable bonds is 2. The summed E-state index contributed by atoms with van der Waals surface area (Å²) in [6.45, 7) is 1.33. The van der Waals surface area contributed by atoms with Crippen LogP contribution in [0.5, 0.6) is 0 Å². The van der Waals surface area contributed by atoms with Gasteiger partial charge in [0.05, 0.1) is 5.56 Å². The predicted octanol–water partition coefficient (Wildman–Crippen LogP) is 2.95. The zero-order chi connectivity index (χ0) is 16.3. The van der Waals surface area contributed by atoms with Crippen LogP contribution in [0.4, 0.5) is 13.2 Å². The molecule has 114 valence electrons. The Labute approximate surface area is 124 Å². The summed E-state index contributed by atoms with van der Waals surface area (Å²) in [5.74, 6) is -0.915. The van der Waals surface area contributed by atoms with Gasteiger partial charge in [0.25, 0.3) is 5.91 Å². The molecular weight excluding hydrogens is 295 g/mol. The summed E-state index contributed by atoms with van der Waals surface area (Å²) in [5, 5.41) is 0. The third-order valence-electron chi connectivity index (χ3n) is 2.99. The highest BCUT2D eigenvalue weighted by atomic mass is 19.4. The Morgan fingerprint density at radius 1 is 1.14 bits per heavy atom. The second-order valence-electron chi connectivity index (χ2n) is 4.57. The molecule has 2 aromatic rings. The number of halogens is 3. The molecule has 22 heavy (non-hydrogen) atoms. The van der Waals surface area contributed by atoms with Crippen molar-refractivity contribution in [3.63, 3.8) is 0 Å². The van der Waals surface area contributed by atoms with E-state index in [1.807, 2.05) is 0 Å². The largest absolute Gasteiger partial charge is 0.416 e. The third kappa shape index (κ3) is 3.49. The Kier molecular flexibility index (Phi) is 4.25. The van der Waals surface area contributed by atoms with Crippen molar-refractivity contribution in [3.8, 4) is 0 Å². The van der Waals surface area contributed by atoms with Crippen molar-refractivity contribution < 1.29 is 18.0 Å². The lowest BCUT2D eigenvalue weighted by atomic mass is 10.0. The van der Waals surface area contributed by atoms with E-state index in [9.17, 15) is 18.0 Å². The van der Waals surface area contributed by atoms with Crippen LogP contribution >= 0.6 is 0 Å². The van der Waals surface area contributed by atoms with Crippen LogP contribution in [-0.4, -0.2) is 16.7 Å². The van der Waals surface area contributed by atoms with E-state index in [1.54, 1.807) is 12.1 Å². The van der Waals surface area contributed by atoms with Crippen LogP contribution in [0.2, 0.25) is 0 Å². The maximum absolute atomic E-state index is 12.8. The summed E-state index contributed by atoms with van der Waals surface area (Å²) in [6, 6.07) is 6.39. The molecule has 0 aliphatic rings. The Bertz CT molecular complexity index is 725. The van der Waals surface area contributed by atoms with E-state index >= 15 is 0 Å². The van der Waals surface area contributed by atoms with Gasteiger partial charge in [0.1, 0.15) is 5.84 Å². The number of aliphatic imine (C=N–C) groups is 1. The number of hydrogen-bond acceptors (Lipinski definition) is 2. The molecule has 0 atom stereocenters. The Morgan fingerprint density at radius 3 is 2.36 bits per heavy atom. The van der Waals surface area contributed by atoms with Gasteiger partial charge in [-0.05, 0) is 36.8 Å². The van der Waals surface area contributed by atoms with Gasteiger partial charge < -0.3 is 5.73 Å². The molecule has 0 bridgehead atoms. The summed E-state index contributed by atoms with van der Waals surface area (Å²) in [5.41, 5.74) is 5.13. The van der Waals surface area contributed by atoms with E-state index in [2.05, 4.69) is 9.98 Å². The smallest absolute Gasteiger partial charge is 0.383 e. The first kappa shape index (κ1) is 15.7. The molecule has 0 spiro atoms. The first-order valence-electron chi connectivity index (χ1n) is 6.26. The van der Waals surface area contributed by atoms with Crippen LogP contribution < -0.4 is 5.73 Å². The lowest BCUT2D eigenvalue weighted by molar-refractivity contribution is -0.138. The van der Waals surface area contributed by atoms with Crippen molar-refractivity contribution in [1.82, 2.24) is 4.98 Å². The van der Waals surface area contributed by atoms with Crippen LogP contribution in [0, 0.1) is 6.92 Å². The lowest BCUT2D eigenvalue weighted by Crippen LogP contribution is -2.16. The summed E-state index contributed by atoms with van der Waals surface area (Å²) >= 11 is 0. The molecule has 0 fully saturated rings. The van der Waals surface area contributed by atoms with Gasteiger partial charge in [-0.15, -0.1) is 0 Å². The van der Waals surface area contributed by atoms with Gasteiger partial charge in [-0.2, -0.15) is 18.2 Å². The molecule has 1 aromatic heterocycles. The number of amides is 1. The van der Waals surface area contributed by atoms with Crippen molar-refractivity contribution in [1.29, 1.82) is 0 Å². The van der Waals surface area contributed by atoms with Gasteiger partial charge >= 0.3 is 6.18 Å². The number of hydrogen-bond donors (Lipinski definition) is 1. The van der Waals surface area contributed by atoms with Crippen LogP contribution in [0.3, 0.4) is 0 Å². The molecule has 1 aromatic carbocycles. The van der Waals surface area contributed by atoms with Crippen molar-refractivity contribution in [3.05, 3.63) is 65.0 Å². The monoisotopic (exact) mass is 307 g/mol. The van der Waals surface area contributed by atoms with E-state index in [0.717, 1.165) is 6.07 Å². The van der Waals surface area contributed by atoms with E-state index in [4.69, 9.17) is 5.73 Å². The number of benzene rings is 1. The first-order valence-corrected chi connectivity index (χ1v) is 6.26. The molecule has 0 saturated heterocycles. The molecule has 0 aliphatic heterocycles. The fourth-order valence-electron chi connectivity index (χ4n) is 1.82. The van der Waals surface area contributed by atoms with Crippen LogP contribution in [-0.2, 0) is 6.18 Å². The molecule has 2 N–H and O–H groups in total. The molecule has 0 aliphatic carbocycles. The highest BCUT2D eigenvalue weighted by molar-refractivity contribution is 6.08. The van der Waals surface area contributed by atoms with Crippen LogP contribution in [0.15, 0.2) is 47.7 Å². The van der Waals surface area contributed by atoms with Crippen molar-refractivity contribution in [2.45, 2.75) is 13.1 Å². The zero-order valence-electron chi connectivity index (χ0n) is 11.6. The summed E-state index contributed by atoms with van der Waals surface area (Å²) < 4.78 is 38.5. The fourth-order valence-corrected chi connectivity index (χ4v) is 1.82. The van der Waals surface area contributed by atoms with Crippen molar-refractivity contribution in [2.75, 3.05) is 0 Å². The SMILES string of the molecule is Cc1ccc(C(=O)N=C(N)c2ccncc2)cc1C(F)(F)F. The average molecular weight is 307 g/mol. The average Bonchev–Trinajstić information content (AvgIpc) is 2.47. The maximum atomic E-state index is 12.8. The van der Waals surface area contributed by atoms with Crippen molar-refractivity contribution in [2.24, 2.45) is 10.7 Å².